The largest absolute Gasteiger partial charge is 0.472 e. The number of aromatic nitrogens is 2. The number of rotatable bonds is 2. The molecule has 0 bridgehead atoms. The lowest BCUT2D eigenvalue weighted by Crippen LogP contribution is -2.19. The van der Waals surface area contributed by atoms with Crippen LogP contribution in [0.3, 0.4) is 0 Å². The van der Waals surface area contributed by atoms with Gasteiger partial charge in [-0.05, 0) is 48.4 Å². The van der Waals surface area contributed by atoms with Gasteiger partial charge in [0, 0.05) is 18.5 Å². The number of ether oxygens (including phenoxy) is 1. The summed E-state index contributed by atoms with van der Waals surface area (Å²) < 4.78 is 52.6. The van der Waals surface area contributed by atoms with Gasteiger partial charge in [0.15, 0.2) is 9.92 Å². The van der Waals surface area contributed by atoms with Crippen molar-refractivity contribution < 1.29 is 22.5 Å². The SMILES string of the molecule is C[C@@H]1Cn2ncc([S@@](N)(=O)=NC(=O)Nc3c4c(c(F)c5c3C[C@H](F)C5)CCC4)c2O1. The summed E-state index contributed by atoms with van der Waals surface area (Å²) >= 11 is 0. The molecule has 8 nitrogen and oxygen atoms in total. The first kappa shape index (κ1) is 19.4. The average molecular weight is 437 g/mol. The van der Waals surface area contributed by atoms with Crippen LogP contribution in [0.5, 0.6) is 5.88 Å². The zero-order chi connectivity index (χ0) is 21.2. The Balaban J connectivity index is 1.51. The maximum absolute atomic E-state index is 14.8. The summed E-state index contributed by atoms with van der Waals surface area (Å²) in [5, 5.41) is 12.6. The van der Waals surface area contributed by atoms with Crippen molar-refractivity contribution in [3.63, 3.8) is 0 Å². The lowest BCUT2D eigenvalue weighted by Gasteiger charge is -2.16. The van der Waals surface area contributed by atoms with Crippen molar-refractivity contribution in [2.75, 3.05) is 5.32 Å². The lowest BCUT2D eigenvalue weighted by molar-refractivity contribution is 0.248. The van der Waals surface area contributed by atoms with E-state index in [1.165, 1.54) is 10.9 Å². The van der Waals surface area contributed by atoms with E-state index in [-0.39, 0.29) is 35.5 Å². The molecule has 0 spiro atoms. The quantitative estimate of drug-likeness (QED) is 0.752. The number of fused-ring (bicyclic) bond motifs is 3. The fourth-order valence-corrected chi connectivity index (χ4v) is 5.59. The number of nitrogens with two attached hydrogens (primary N) is 1. The molecule has 160 valence electrons. The van der Waals surface area contributed by atoms with Crippen molar-refractivity contribution in [1.82, 2.24) is 9.78 Å². The number of halogens is 2. The predicted molar refractivity (Wildman–Crippen MR) is 105 cm³/mol. The van der Waals surface area contributed by atoms with Crippen molar-refractivity contribution in [3.8, 4) is 5.88 Å². The molecule has 2 aliphatic carbocycles. The molecule has 2 aromatic rings. The van der Waals surface area contributed by atoms with Gasteiger partial charge in [0.25, 0.3) is 0 Å². The Hall–Kier alpha value is -2.53. The number of carbonyl (C=O) groups is 1. The van der Waals surface area contributed by atoms with Crippen LogP contribution in [0.4, 0.5) is 19.3 Å². The van der Waals surface area contributed by atoms with Crippen LogP contribution in [0.15, 0.2) is 15.5 Å². The standard InChI is InChI=1S/C19H21F2N5O3S/c1-9-8-26-18(29-9)15(7-23-26)30(22,28)25-19(27)24-17-12-4-2-3-11(12)16(21)13-5-10(20)6-14(13)17/h7,9-10H,2-6,8H2,1H3,(H3,22,24,25,27,28)/t9-,10-,30+/m1/s1. The van der Waals surface area contributed by atoms with E-state index in [0.717, 1.165) is 6.42 Å². The third-order valence-electron chi connectivity index (χ3n) is 5.83. The molecule has 0 radical (unpaired) electrons. The van der Waals surface area contributed by atoms with E-state index in [1.807, 2.05) is 6.92 Å². The van der Waals surface area contributed by atoms with Crippen LogP contribution in [0.25, 0.3) is 0 Å². The van der Waals surface area contributed by atoms with Crippen molar-refractivity contribution in [2.45, 2.75) is 62.7 Å². The Bertz CT molecular complexity index is 1200. The van der Waals surface area contributed by atoms with Crippen molar-refractivity contribution in [2.24, 2.45) is 9.50 Å². The van der Waals surface area contributed by atoms with E-state index < -0.39 is 22.1 Å². The topological polar surface area (TPSA) is 112 Å². The second-order valence-corrected chi connectivity index (χ2v) is 9.74. The minimum Gasteiger partial charge on any atom is -0.472 e. The van der Waals surface area contributed by atoms with Crippen LogP contribution in [0, 0.1) is 5.82 Å². The van der Waals surface area contributed by atoms with Crippen molar-refractivity contribution in [3.05, 3.63) is 34.3 Å². The van der Waals surface area contributed by atoms with Gasteiger partial charge in [-0.25, -0.2) is 27.6 Å². The molecule has 11 heteroatoms. The second-order valence-electron chi connectivity index (χ2n) is 7.98. The first-order valence-corrected chi connectivity index (χ1v) is 11.4. The van der Waals surface area contributed by atoms with E-state index in [4.69, 9.17) is 9.88 Å². The molecule has 1 aromatic carbocycles. The number of nitrogens with zero attached hydrogens (tertiary/aromatic N) is 3. The zero-order valence-electron chi connectivity index (χ0n) is 16.3. The van der Waals surface area contributed by atoms with Crippen LogP contribution in [-0.2, 0) is 42.1 Å². The van der Waals surface area contributed by atoms with E-state index in [0.29, 0.717) is 47.3 Å². The number of anilines is 1. The van der Waals surface area contributed by atoms with Crippen LogP contribution in [0.1, 0.15) is 35.6 Å². The Labute approximate surface area is 172 Å². The molecule has 1 aromatic heterocycles. The zero-order valence-corrected chi connectivity index (χ0v) is 17.1. The summed E-state index contributed by atoms with van der Waals surface area (Å²) in [5.74, 6) is -0.132. The number of carbonyl (C=O) groups excluding carboxylic acids is 1. The number of benzene rings is 1. The van der Waals surface area contributed by atoms with Gasteiger partial charge in [-0.2, -0.15) is 5.10 Å². The predicted octanol–water partition coefficient (Wildman–Crippen LogP) is 2.66. The molecular formula is C19H21F2N5O3S. The number of urea groups is 1. The maximum Gasteiger partial charge on any atom is 0.354 e. The highest BCUT2D eigenvalue weighted by molar-refractivity contribution is 7.91. The highest BCUT2D eigenvalue weighted by Gasteiger charge is 2.34. The van der Waals surface area contributed by atoms with Gasteiger partial charge in [0.2, 0.25) is 5.88 Å². The third kappa shape index (κ3) is 2.99. The normalized spacial score (nSPS) is 23.3. The summed E-state index contributed by atoms with van der Waals surface area (Å²) in [6.45, 7) is 2.31. The van der Waals surface area contributed by atoms with Gasteiger partial charge in [-0.15, -0.1) is 4.36 Å². The van der Waals surface area contributed by atoms with E-state index in [9.17, 15) is 17.8 Å². The molecule has 0 fully saturated rings. The smallest absolute Gasteiger partial charge is 0.354 e. The molecular weight excluding hydrogens is 416 g/mol. The molecule has 3 N–H and O–H groups in total. The summed E-state index contributed by atoms with van der Waals surface area (Å²) in [4.78, 5) is 12.7. The Morgan fingerprint density at radius 2 is 2.07 bits per heavy atom. The Morgan fingerprint density at radius 3 is 2.87 bits per heavy atom. The molecule has 0 saturated carbocycles. The number of amides is 2. The minimum absolute atomic E-state index is 0.0137. The number of nitrogens with one attached hydrogen (secondary N) is 1. The average Bonchev–Trinajstić information content (AvgIpc) is 3.40. The molecule has 0 unspecified atom stereocenters. The van der Waals surface area contributed by atoms with Crippen LogP contribution in [-0.4, -0.2) is 32.3 Å². The summed E-state index contributed by atoms with van der Waals surface area (Å²) in [5.41, 5.74) is 2.33. The molecule has 1 aliphatic heterocycles. The molecule has 0 saturated heterocycles. The molecule has 2 amide bonds. The van der Waals surface area contributed by atoms with E-state index in [1.54, 1.807) is 0 Å². The molecule has 30 heavy (non-hydrogen) atoms. The van der Waals surface area contributed by atoms with Gasteiger partial charge in [-0.3, -0.25) is 0 Å². The van der Waals surface area contributed by atoms with Crippen molar-refractivity contribution >= 4 is 21.6 Å². The van der Waals surface area contributed by atoms with E-state index >= 15 is 0 Å². The third-order valence-corrected chi connectivity index (χ3v) is 7.18. The molecule has 3 atom stereocenters. The highest BCUT2D eigenvalue weighted by atomic mass is 32.2. The number of hydrogen-bond donors (Lipinski definition) is 2. The van der Waals surface area contributed by atoms with Crippen LogP contribution < -0.4 is 15.2 Å². The number of alkyl halides is 1. The van der Waals surface area contributed by atoms with Crippen molar-refractivity contribution in [1.29, 1.82) is 0 Å². The Morgan fingerprint density at radius 1 is 1.33 bits per heavy atom. The monoisotopic (exact) mass is 437 g/mol. The summed E-state index contributed by atoms with van der Waals surface area (Å²) in [6.07, 6.45) is 1.80. The molecule has 5 rings (SSSR count). The molecule has 3 aliphatic rings. The second kappa shape index (κ2) is 6.74. The Kier molecular flexibility index (Phi) is 4.37. The fraction of sp³-hybridized carbons (Fsp3) is 0.474. The van der Waals surface area contributed by atoms with Crippen LogP contribution >= 0.6 is 0 Å². The lowest BCUT2D eigenvalue weighted by atomic mass is 9.98. The maximum atomic E-state index is 14.8. The minimum atomic E-state index is -3.63. The van der Waals surface area contributed by atoms with Gasteiger partial charge >= 0.3 is 6.03 Å². The summed E-state index contributed by atoms with van der Waals surface area (Å²) in [6, 6.07) is -0.932. The van der Waals surface area contributed by atoms with Gasteiger partial charge in [0.1, 0.15) is 23.0 Å². The van der Waals surface area contributed by atoms with Gasteiger partial charge < -0.3 is 10.1 Å². The summed E-state index contributed by atoms with van der Waals surface area (Å²) in [7, 11) is -3.63. The highest BCUT2D eigenvalue weighted by Crippen LogP contribution is 2.41. The first-order chi connectivity index (χ1) is 14.2. The van der Waals surface area contributed by atoms with Gasteiger partial charge in [-0.1, -0.05) is 0 Å². The molecule has 2 heterocycles. The first-order valence-electron chi connectivity index (χ1n) is 9.82. The van der Waals surface area contributed by atoms with Gasteiger partial charge in [0.05, 0.1) is 12.7 Å². The van der Waals surface area contributed by atoms with E-state index in [2.05, 4.69) is 14.8 Å². The van der Waals surface area contributed by atoms with Crippen LogP contribution in [0.2, 0.25) is 0 Å². The number of hydrogen-bond acceptors (Lipinski definition) is 4. The fourth-order valence-electron chi connectivity index (χ4n) is 4.59.